The summed E-state index contributed by atoms with van der Waals surface area (Å²) in [6.07, 6.45) is 1.51. The van der Waals surface area contributed by atoms with Gasteiger partial charge in [-0.1, -0.05) is 34.1 Å². The Hall–Kier alpha value is -2.58. The summed E-state index contributed by atoms with van der Waals surface area (Å²) >= 11 is 3.37. The van der Waals surface area contributed by atoms with Crippen molar-refractivity contribution in [2.24, 2.45) is 0 Å². The lowest BCUT2D eigenvalue weighted by atomic mass is 10.1. The number of benzene rings is 2. The van der Waals surface area contributed by atoms with E-state index < -0.39 is 5.91 Å². The molecule has 0 aromatic heterocycles. The van der Waals surface area contributed by atoms with Crippen molar-refractivity contribution in [1.29, 1.82) is 5.26 Å². The van der Waals surface area contributed by atoms with Crippen molar-refractivity contribution < 1.29 is 9.53 Å². The number of hydrogen-bond acceptors (Lipinski definition) is 3. The van der Waals surface area contributed by atoms with Gasteiger partial charge in [-0.15, -0.1) is 0 Å². The topological polar surface area (TPSA) is 62.1 Å². The van der Waals surface area contributed by atoms with Crippen LogP contribution in [0.1, 0.15) is 11.1 Å². The molecule has 0 aliphatic carbocycles. The Bertz CT molecular complexity index is 807. The number of halogens is 1. The molecule has 2 aromatic rings. The van der Waals surface area contributed by atoms with Gasteiger partial charge in [0.2, 0.25) is 0 Å². The molecule has 0 heterocycles. The van der Waals surface area contributed by atoms with Crippen molar-refractivity contribution in [3.05, 3.63) is 63.6 Å². The first-order chi connectivity index (χ1) is 11.0. The number of hydrogen-bond donors (Lipinski definition) is 1. The van der Waals surface area contributed by atoms with Crippen LogP contribution >= 0.6 is 15.9 Å². The number of nitriles is 1. The zero-order valence-corrected chi connectivity index (χ0v) is 14.3. The number of carbonyl (C=O) groups excluding carboxylic acids is 1. The number of anilines is 1. The molecule has 0 unspecified atom stereocenters. The first-order valence-corrected chi connectivity index (χ1v) is 7.66. The predicted octanol–water partition coefficient (Wildman–Crippen LogP) is 4.31. The van der Waals surface area contributed by atoms with Gasteiger partial charge in [0, 0.05) is 15.7 Å². The van der Waals surface area contributed by atoms with Gasteiger partial charge >= 0.3 is 0 Å². The van der Waals surface area contributed by atoms with Crippen LogP contribution in [0, 0.1) is 18.3 Å². The number of methoxy groups -OCH3 is 1. The van der Waals surface area contributed by atoms with Gasteiger partial charge in [0.25, 0.3) is 5.91 Å². The van der Waals surface area contributed by atoms with E-state index in [-0.39, 0.29) is 5.57 Å². The van der Waals surface area contributed by atoms with Crippen molar-refractivity contribution in [3.8, 4) is 11.8 Å². The number of nitrogens with one attached hydrogen (secondary N) is 1. The molecule has 0 bridgehead atoms. The Labute approximate surface area is 143 Å². The fourth-order valence-electron chi connectivity index (χ4n) is 2.02. The maximum atomic E-state index is 12.3. The van der Waals surface area contributed by atoms with Crippen LogP contribution in [0.15, 0.2) is 52.5 Å². The van der Waals surface area contributed by atoms with Crippen LogP contribution in [0.4, 0.5) is 5.69 Å². The third-order valence-corrected chi connectivity index (χ3v) is 3.74. The van der Waals surface area contributed by atoms with Crippen LogP contribution in [0.5, 0.6) is 5.75 Å². The van der Waals surface area contributed by atoms with E-state index in [1.165, 1.54) is 6.08 Å². The minimum Gasteiger partial charge on any atom is -0.496 e. The maximum absolute atomic E-state index is 12.3. The average Bonchev–Trinajstić information content (AvgIpc) is 2.54. The number of carbonyl (C=O) groups is 1. The van der Waals surface area contributed by atoms with Gasteiger partial charge in [-0.05, 0) is 42.8 Å². The highest BCUT2D eigenvalue weighted by atomic mass is 79.9. The summed E-state index contributed by atoms with van der Waals surface area (Å²) < 4.78 is 6.09. The van der Waals surface area contributed by atoms with Gasteiger partial charge in [0.15, 0.2) is 0 Å². The Morgan fingerprint density at radius 3 is 2.70 bits per heavy atom. The van der Waals surface area contributed by atoms with E-state index in [4.69, 9.17) is 4.74 Å². The number of amides is 1. The van der Waals surface area contributed by atoms with E-state index in [0.29, 0.717) is 17.0 Å². The van der Waals surface area contributed by atoms with E-state index in [0.717, 1.165) is 10.0 Å². The Balaban J connectivity index is 2.33. The van der Waals surface area contributed by atoms with Crippen LogP contribution in [0.2, 0.25) is 0 Å². The normalized spacial score (nSPS) is 10.8. The lowest BCUT2D eigenvalue weighted by molar-refractivity contribution is -0.112. The van der Waals surface area contributed by atoms with Crippen molar-refractivity contribution >= 4 is 33.6 Å². The lowest BCUT2D eigenvalue weighted by Crippen LogP contribution is -2.14. The van der Waals surface area contributed by atoms with E-state index in [1.54, 1.807) is 25.3 Å². The molecule has 0 radical (unpaired) electrons. The molecule has 0 fully saturated rings. The van der Waals surface area contributed by atoms with Crippen molar-refractivity contribution in [3.63, 3.8) is 0 Å². The number of para-hydroxylation sites is 1. The van der Waals surface area contributed by atoms with Crippen LogP contribution < -0.4 is 10.1 Å². The fourth-order valence-corrected chi connectivity index (χ4v) is 2.40. The second kappa shape index (κ2) is 7.61. The summed E-state index contributed by atoms with van der Waals surface area (Å²) in [4.78, 5) is 12.3. The number of rotatable bonds is 4. The van der Waals surface area contributed by atoms with Gasteiger partial charge in [0.05, 0.1) is 7.11 Å². The standard InChI is InChI=1S/C18H15BrN2O2/c1-12-5-3-4-6-16(12)21-18(22)14(11-20)9-13-10-15(19)7-8-17(13)23-2/h3-10H,1-2H3,(H,21,22)/b14-9+. The Morgan fingerprint density at radius 1 is 1.30 bits per heavy atom. The molecular formula is C18H15BrN2O2. The van der Waals surface area contributed by atoms with Gasteiger partial charge in [-0.2, -0.15) is 5.26 Å². The maximum Gasteiger partial charge on any atom is 0.266 e. The average molecular weight is 371 g/mol. The van der Waals surface area contributed by atoms with Gasteiger partial charge in [-0.3, -0.25) is 4.79 Å². The summed E-state index contributed by atoms with van der Waals surface area (Å²) in [5, 5.41) is 12.1. The molecule has 1 N–H and O–H groups in total. The van der Waals surface area contributed by atoms with E-state index in [2.05, 4.69) is 21.2 Å². The first kappa shape index (κ1) is 16.8. The van der Waals surface area contributed by atoms with Crippen LogP contribution in [-0.2, 0) is 4.79 Å². The van der Waals surface area contributed by atoms with Crippen LogP contribution in [-0.4, -0.2) is 13.0 Å². The minimum atomic E-state index is -0.455. The molecule has 5 heteroatoms. The first-order valence-electron chi connectivity index (χ1n) is 6.87. The SMILES string of the molecule is COc1ccc(Br)cc1/C=C(\C#N)C(=O)Nc1ccccc1C. The summed E-state index contributed by atoms with van der Waals surface area (Å²) in [5.41, 5.74) is 2.26. The molecule has 2 rings (SSSR count). The largest absolute Gasteiger partial charge is 0.496 e. The highest BCUT2D eigenvalue weighted by Gasteiger charge is 2.12. The Morgan fingerprint density at radius 2 is 2.04 bits per heavy atom. The van der Waals surface area contributed by atoms with Crippen LogP contribution in [0.3, 0.4) is 0 Å². The molecule has 0 aliphatic rings. The zero-order valence-electron chi connectivity index (χ0n) is 12.8. The molecule has 23 heavy (non-hydrogen) atoms. The number of nitrogens with zero attached hydrogens (tertiary/aromatic N) is 1. The summed E-state index contributed by atoms with van der Waals surface area (Å²) in [6, 6.07) is 14.7. The van der Waals surface area contributed by atoms with Gasteiger partial charge < -0.3 is 10.1 Å². The van der Waals surface area contributed by atoms with Crippen molar-refractivity contribution in [2.45, 2.75) is 6.92 Å². The molecule has 0 spiro atoms. The highest BCUT2D eigenvalue weighted by molar-refractivity contribution is 9.10. The van der Waals surface area contributed by atoms with Gasteiger partial charge in [0.1, 0.15) is 17.4 Å². The quantitative estimate of drug-likeness (QED) is 0.644. The highest BCUT2D eigenvalue weighted by Crippen LogP contribution is 2.25. The second-order valence-electron chi connectivity index (χ2n) is 4.83. The van der Waals surface area contributed by atoms with Crippen molar-refractivity contribution in [2.75, 3.05) is 12.4 Å². The molecule has 1 amide bonds. The molecule has 0 saturated carbocycles. The lowest BCUT2D eigenvalue weighted by Gasteiger charge is -2.08. The third-order valence-electron chi connectivity index (χ3n) is 3.25. The molecule has 0 saturated heterocycles. The monoisotopic (exact) mass is 370 g/mol. The molecule has 4 nitrogen and oxygen atoms in total. The van der Waals surface area contributed by atoms with E-state index in [9.17, 15) is 10.1 Å². The molecule has 0 atom stereocenters. The molecule has 0 aliphatic heterocycles. The van der Waals surface area contributed by atoms with E-state index in [1.807, 2.05) is 37.3 Å². The molecule has 116 valence electrons. The summed E-state index contributed by atoms with van der Waals surface area (Å²) in [5.74, 6) is 0.133. The van der Waals surface area contributed by atoms with Crippen LogP contribution in [0.25, 0.3) is 6.08 Å². The smallest absolute Gasteiger partial charge is 0.266 e. The summed E-state index contributed by atoms with van der Waals surface area (Å²) in [7, 11) is 1.54. The van der Waals surface area contributed by atoms with Crippen molar-refractivity contribution in [1.82, 2.24) is 0 Å². The number of ether oxygens (including phenoxy) is 1. The molecule has 2 aromatic carbocycles. The fraction of sp³-hybridized carbons (Fsp3) is 0.111. The van der Waals surface area contributed by atoms with E-state index >= 15 is 0 Å². The Kier molecular flexibility index (Phi) is 5.56. The third kappa shape index (κ3) is 4.21. The van der Waals surface area contributed by atoms with Gasteiger partial charge in [-0.25, -0.2) is 0 Å². The second-order valence-corrected chi connectivity index (χ2v) is 5.74. The zero-order chi connectivity index (χ0) is 16.8. The summed E-state index contributed by atoms with van der Waals surface area (Å²) in [6.45, 7) is 1.89. The number of aryl methyl sites for hydroxylation is 1. The predicted molar refractivity (Wildman–Crippen MR) is 94.1 cm³/mol. The minimum absolute atomic E-state index is 0.00431. The molecular weight excluding hydrogens is 356 g/mol.